The number of nitrogens with one attached hydrogen (secondary N) is 1. The quantitative estimate of drug-likeness (QED) is 0.693. The van der Waals surface area contributed by atoms with Gasteiger partial charge in [0.25, 0.3) is 0 Å². The number of hydrogen-bond acceptors (Lipinski definition) is 6. The van der Waals surface area contributed by atoms with E-state index < -0.39 is 6.10 Å². The van der Waals surface area contributed by atoms with Crippen LogP contribution in [0.3, 0.4) is 0 Å². The highest BCUT2D eigenvalue weighted by atomic mass is 32.1. The molecule has 2 N–H and O–H groups in total. The molecule has 1 aromatic carbocycles. The van der Waals surface area contributed by atoms with Crippen LogP contribution in [0.2, 0.25) is 0 Å². The first kappa shape index (κ1) is 22.8. The zero-order chi connectivity index (χ0) is 23.2. The molecule has 2 aromatic rings. The van der Waals surface area contributed by atoms with Crippen molar-refractivity contribution in [2.75, 3.05) is 31.6 Å². The number of nitrogens with zero attached hydrogens (tertiary/aromatic N) is 2. The molecule has 6 atom stereocenters. The zero-order valence-electron chi connectivity index (χ0n) is 19.8. The topological polar surface area (TPSA) is 74.7 Å². The third kappa shape index (κ3) is 4.19. The van der Waals surface area contributed by atoms with E-state index in [0.29, 0.717) is 26.3 Å². The van der Waals surface area contributed by atoms with E-state index in [0.717, 1.165) is 35.8 Å². The van der Waals surface area contributed by atoms with E-state index >= 15 is 0 Å². The molecule has 0 bridgehead atoms. The van der Waals surface area contributed by atoms with E-state index in [2.05, 4.69) is 19.2 Å². The summed E-state index contributed by atoms with van der Waals surface area (Å²) in [6.45, 7) is 9.08. The second-order valence-electron chi connectivity index (χ2n) is 10.4. The molecule has 6 nitrogen and oxygen atoms in total. The molecular formula is C26H35N3O3S. The number of benzene rings is 1. The fraction of sp³-hybridized carbons (Fsp3) is 0.615. The summed E-state index contributed by atoms with van der Waals surface area (Å²) < 4.78 is 5.41. The van der Waals surface area contributed by atoms with Gasteiger partial charge < -0.3 is 20.1 Å². The Morgan fingerprint density at radius 1 is 1.30 bits per heavy atom. The molecule has 0 unspecified atom stereocenters. The fourth-order valence-electron chi connectivity index (χ4n) is 6.50. The SMILES string of the molecule is C[C@H](C(=O)N1CCOCC1)[C@H]1CC[C@]2(C)Cc3sc(Nc4ccccc4)nc3[C@H](C)[C@@H]2[C@H]1O. The Labute approximate surface area is 200 Å². The normalized spacial score (nSPS) is 32.5. The number of carbonyl (C=O) groups is 1. The van der Waals surface area contributed by atoms with Gasteiger partial charge in [-0.05, 0) is 48.6 Å². The minimum Gasteiger partial charge on any atom is -0.392 e. The third-order valence-corrected chi connectivity index (χ3v) is 9.29. The Bertz CT molecular complexity index is 990. The highest BCUT2D eigenvalue weighted by Crippen LogP contribution is 2.57. The van der Waals surface area contributed by atoms with E-state index in [1.165, 1.54) is 4.88 Å². The second kappa shape index (κ2) is 9.01. The highest BCUT2D eigenvalue weighted by molar-refractivity contribution is 7.15. The van der Waals surface area contributed by atoms with Gasteiger partial charge in [-0.2, -0.15) is 0 Å². The van der Waals surface area contributed by atoms with Crippen molar-refractivity contribution in [3.05, 3.63) is 40.9 Å². The minimum atomic E-state index is -0.501. The van der Waals surface area contributed by atoms with Gasteiger partial charge in [-0.25, -0.2) is 4.98 Å². The Hall–Kier alpha value is -1.96. The van der Waals surface area contributed by atoms with Gasteiger partial charge in [0.15, 0.2) is 5.13 Å². The van der Waals surface area contributed by atoms with Crippen LogP contribution in [0.5, 0.6) is 0 Å². The van der Waals surface area contributed by atoms with Crippen LogP contribution in [0.25, 0.3) is 0 Å². The molecule has 2 aliphatic carbocycles. The van der Waals surface area contributed by atoms with Gasteiger partial charge in [0.1, 0.15) is 0 Å². The van der Waals surface area contributed by atoms with Crippen molar-refractivity contribution < 1.29 is 14.6 Å². The standard InChI is InChI=1S/C26H35N3O3S/c1-16(24(31)29-11-13-32-14-12-29)19-9-10-26(3)15-20-22(17(2)21(26)23(19)30)28-25(33-20)27-18-7-5-4-6-8-18/h4-8,16-17,19,21,23,30H,9-15H2,1-3H3,(H,27,28)/t16-,17+,19+,21+,23-,26+/m0/s1. The molecule has 0 spiro atoms. The lowest BCUT2D eigenvalue weighted by Crippen LogP contribution is -2.54. The van der Waals surface area contributed by atoms with Crippen molar-refractivity contribution in [3.8, 4) is 0 Å². The number of aliphatic hydroxyl groups is 1. The summed E-state index contributed by atoms with van der Waals surface area (Å²) in [5.41, 5.74) is 2.18. The van der Waals surface area contributed by atoms with Crippen LogP contribution in [0.4, 0.5) is 10.8 Å². The first-order valence-corrected chi connectivity index (χ1v) is 13.1. The van der Waals surface area contributed by atoms with E-state index in [4.69, 9.17) is 9.72 Å². The van der Waals surface area contributed by atoms with Crippen LogP contribution < -0.4 is 5.32 Å². The van der Waals surface area contributed by atoms with Gasteiger partial charge in [-0.3, -0.25) is 4.79 Å². The van der Waals surface area contributed by atoms with Crippen LogP contribution in [-0.4, -0.2) is 53.3 Å². The molecule has 7 heteroatoms. The van der Waals surface area contributed by atoms with Crippen molar-refractivity contribution in [1.82, 2.24) is 9.88 Å². The number of para-hydroxylation sites is 1. The molecule has 1 amide bonds. The number of amides is 1. The van der Waals surface area contributed by atoms with Gasteiger partial charge in [-0.1, -0.05) is 39.0 Å². The van der Waals surface area contributed by atoms with Gasteiger partial charge in [-0.15, -0.1) is 11.3 Å². The largest absolute Gasteiger partial charge is 0.392 e. The van der Waals surface area contributed by atoms with E-state index in [-0.39, 0.29) is 35.0 Å². The lowest BCUT2D eigenvalue weighted by molar-refractivity contribution is -0.148. The van der Waals surface area contributed by atoms with Crippen molar-refractivity contribution in [3.63, 3.8) is 0 Å². The maximum Gasteiger partial charge on any atom is 0.225 e. The van der Waals surface area contributed by atoms with Crippen LogP contribution in [-0.2, 0) is 16.0 Å². The second-order valence-corrected chi connectivity index (χ2v) is 11.5. The predicted octanol–water partition coefficient (Wildman–Crippen LogP) is 4.43. The lowest BCUT2D eigenvalue weighted by Gasteiger charge is -2.53. The number of rotatable bonds is 4. The van der Waals surface area contributed by atoms with Gasteiger partial charge in [0.05, 0.1) is 25.0 Å². The molecule has 2 fully saturated rings. The predicted molar refractivity (Wildman–Crippen MR) is 131 cm³/mol. The Balaban J connectivity index is 1.36. The molecule has 2 heterocycles. The number of aliphatic hydroxyl groups excluding tert-OH is 1. The Kier molecular flexibility index (Phi) is 6.23. The Morgan fingerprint density at radius 3 is 2.76 bits per heavy atom. The molecular weight excluding hydrogens is 434 g/mol. The average Bonchev–Trinajstić information content (AvgIpc) is 3.21. The highest BCUT2D eigenvalue weighted by Gasteiger charge is 2.54. The van der Waals surface area contributed by atoms with Crippen molar-refractivity contribution in [2.45, 2.75) is 52.1 Å². The number of carbonyl (C=O) groups excluding carboxylic acids is 1. The fourth-order valence-corrected chi connectivity index (χ4v) is 7.78. The summed E-state index contributed by atoms with van der Waals surface area (Å²) in [6, 6.07) is 10.1. The monoisotopic (exact) mass is 469 g/mol. The maximum atomic E-state index is 13.2. The Morgan fingerprint density at radius 2 is 2.03 bits per heavy atom. The van der Waals surface area contributed by atoms with Crippen LogP contribution in [0, 0.1) is 23.2 Å². The molecule has 178 valence electrons. The molecule has 1 aliphatic heterocycles. The number of ether oxygens (including phenoxy) is 1. The van der Waals surface area contributed by atoms with Gasteiger partial charge in [0, 0.05) is 35.5 Å². The van der Waals surface area contributed by atoms with E-state index in [1.54, 1.807) is 11.3 Å². The zero-order valence-corrected chi connectivity index (χ0v) is 20.6. The molecule has 3 aliphatic rings. The molecule has 1 aromatic heterocycles. The minimum absolute atomic E-state index is 0.0111. The first-order valence-electron chi connectivity index (χ1n) is 12.2. The molecule has 1 saturated carbocycles. The van der Waals surface area contributed by atoms with Crippen LogP contribution in [0.1, 0.15) is 50.1 Å². The van der Waals surface area contributed by atoms with Crippen LogP contribution >= 0.6 is 11.3 Å². The number of fused-ring (bicyclic) bond motifs is 2. The summed E-state index contributed by atoms with van der Waals surface area (Å²) in [7, 11) is 0. The number of anilines is 2. The van der Waals surface area contributed by atoms with Crippen molar-refractivity contribution in [1.29, 1.82) is 0 Å². The number of morpholine rings is 1. The molecule has 5 rings (SSSR count). The van der Waals surface area contributed by atoms with Gasteiger partial charge in [0.2, 0.25) is 5.91 Å². The van der Waals surface area contributed by atoms with Crippen LogP contribution in [0.15, 0.2) is 30.3 Å². The maximum absolute atomic E-state index is 13.2. The lowest BCUT2D eigenvalue weighted by atomic mass is 9.53. The summed E-state index contributed by atoms with van der Waals surface area (Å²) in [5.74, 6) is 0.239. The van der Waals surface area contributed by atoms with E-state index in [9.17, 15) is 9.90 Å². The molecule has 1 saturated heterocycles. The molecule has 33 heavy (non-hydrogen) atoms. The smallest absolute Gasteiger partial charge is 0.225 e. The average molecular weight is 470 g/mol. The molecule has 0 radical (unpaired) electrons. The van der Waals surface area contributed by atoms with Crippen molar-refractivity contribution >= 4 is 28.1 Å². The first-order chi connectivity index (χ1) is 15.9. The number of thiazole rings is 1. The van der Waals surface area contributed by atoms with Gasteiger partial charge >= 0.3 is 0 Å². The number of hydrogen-bond donors (Lipinski definition) is 2. The summed E-state index contributed by atoms with van der Waals surface area (Å²) in [4.78, 5) is 21.4. The number of aromatic nitrogens is 1. The van der Waals surface area contributed by atoms with Crippen molar-refractivity contribution in [2.24, 2.45) is 23.2 Å². The summed E-state index contributed by atoms with van der Waals surface area (Å²) in [6.07, 6.45) is 2.37. The third-order valence-electron chi connectivity index (χ3n) is 8.30. The van der Waals surface area contributed by atoms with E-state index in [1.807, 2.05) is 42.2 Å². The summed E-state index contributed by atoms with van der Waals surface area (Å²) >= 11 is 1.74. The summed E-state index contributed by atoms with van der Waals surface area (Å²) in [5, 5.41) is 16.0.